The lowest BCUT2D eigenvalue weighted by Crippen LogP contribution is -2.48. The maximum absolute atomic E-state index is 12.6. The molecule has 9 heteroatoms. The van der Waals surface area contributed by atoms with E-state index in [9.17, 15) is 16.8 Å². The van der Waals surface area contributed by atoms with Crippen LogP contribution < -0.4 is 0 Å². The van der Waals surface area contributed by atoms with Crippen molar-refractivity contribution >= 4 is 43.1 Å². The molecule has 1 saturated heterocycles. The van der Waals surface area contributed by atoms with Crippen LogP contribution in [0.2, 0.25) is 10.0 Å². The SMILES string of the molecule is CN([C@@]1(C)CCS(=O)(=O)C1)S(=O)(=O)c1ccc(Cl)c(Cl)c1. The van der Waals surface area contributed by atoms with E-state index in [0.29, 0.717) is 0 Å². The fourth-order valence-electron chi connectivity index (χ4n) is 2.33. The standard InChI is InChI=1S/C12H15Cl2NO4S2/c1-12(5-6-20(16,17)8-12)15(2)21(18,19)9-3-4-10(13)11(14)7-9/h3-4,7H,5-6,8H2,1-2H3/t12-/m0/s1. The normalized spacial score (nSPS) is 25.4. The molecule has 0 N–H and O–H groups in total. The monoisotopic (exact) mass is 371 g/mol. The van der Waals surface area contributed by atoms with Crippen LogP contribution in [0.5, 0.6) is 0 Å². The molecule has 0 amide bonds. The molecule has 0 aromatic heterocycles. The molecule has 0 aliphatic carbocycles. The van der Waals surface area contributed by atoms with E-state index in [1.54, 1.807) is 6.92 Å². The molecule has 21 heavy (non-hydrogen) atoms. The molecule has 1 heterocycles. The second-order valence-corrected chi connectivity index (χ2v) is 10.4. The minimum Gasteiger partial charge on any atom is -0.229 e. The highest BCUT2D eigenvalue weighted by Gasteiger charge is 2.46. The van der Waals surface area contributed by atoms with Crippen LogP contribution >= 0.6 is 23.2 Å². The van der Waals surface area contributed by atoms with Gasteiger partial charge in [-0.2, -0.15) is 4.31 Å². The van der Waals surface area contributed by atoms with E-state index in [1.807, 2.05) is 0 Å². The summed E-state index contributed by atoms with van der Waals surface area (Å²) < 4.78 is 49.7. The molecule has 0 spiro atoms. The Kier molecular flexibility index (Phi) is 4.36. The van der Waals surface area contributed by atoms with Gasteiger partial charge in [0.15, 0.2) is 9.84 Å². The molecular weight excluding hydrogens is 357 g/mol. The van der Waals surface area contributed by atoms with Crippen molar-refractivity contribution in [2.24, 2.45) is 0 Å². The zero-order valence-corrected chi connectivity index (χ0v) is 14.7. The number of nitrogens with zero attached hydrogens (tertiary/aromatic N) is 1. The summed E-state index contributed by atoms with van der Waals surface area (Å²) in [6.07, 6.45) is 0.270. The number of rotatable bonds is 3. The van der Waals surface area contributed by atoms with E-state index in [2.05, 4.69) is 0 Å². The number of hydrogen-bond acceptors (Lipinski definition) is 4. The molecule has 1 atom stereocenters. The van der Waals surface area contributed by atoms with Crippen molar-refractivity contribution in [1.29, 1.82) is 0 Å². The van der Waals surface area contributed by atoms with Crippen LogP contribution in [0.15, 0.2) is 23.1 Å². The predicted molar refractivity (Wildman–Crippen MR) is 83.1 cm³/mol. The van der Waals surface area contributed by atoms with E-state index >= 15 is 0 Å². The summed E-state index contributed by atoms with van der Waals surface area (Å²) in [7, 11) is -5.67. The average Bonchev–Trinajstić information content (AvgIpc) is 2.67. The van der Waals surface area contributed by atoms with Crippen LogP contribution in [0.1, 0.15) is 13.3 Å². The number of hydrogen-bond donors (Lipinski definition) is 0. The highest BCUT2D eigenvalue weighted by Crippen LogP contribution is 2.34. The Labute approximate surface area is 134 Å². The van der Waals surface area contributed by atoms with E-state index in [0.717, 1.165) is 4.31 Å². The van der Waals surface area contributed by atoms with Gasteiger partial charge in [0.2, 0.25) is 10.0 Å². The minimum absolute atomic E-state index is 0.00919. The van der Waals surface area contributed by atoms with Crippen LogP contribution in [-0.4, -0.2) is 45.2 Å². The van der Waals surface area contributed by atoms with E-state index < -0.39 is 25.4 Å². The molecule has 1 aromatic carbocycles. The van der Waals surface area contributed by atoms with Crippen LogP contribution in [-0.2, 0) is 19.9 Å². The third-order valence-corrected chi connectivity index (χ3v) is 8.43. The van der Waals surface area contributed by atoms with Gasteiger partial charge < -0.3 is 0 Å². The summed E-state index contributed by atoms with van der Waals surface area (Å²) in [4.78, 5) is -0.00933. The Morgan fingerprint density at radius 2 is 1.86 bits per heavy atom. The molecule has 5 nitrogen and oxygen atoms in total. The van der Waals surface area contributed by atoms with Crippen molar-refractivity contribution in [2.75, 3.05) is 18.6 Å². The highest BCUT2D eigenvalue weighted by molar-refractivity contribution is 7.92. The maximum Gasteiger partial charge on any atom is 0.243 e. The minimum atomic E-state index is -3.84. The predicted octanol–water partition coefficient (Wildman–Crippen LogP) is 2.19. The summed E-state index contributed by atoms with van der Waals surface area (Å²) in [5.41, 5.74) is -0.955. The van der Waals surface area contributed by atoms with Gasteiger partial charge in [0.25, 0.3) is 0 Å². The number of sulfone groups is 1. The molecule has 0 bridgehead atoms. The van der Waals surface area contributed by atoms with Gasteiger partial charge >= 0.3 is 0 Å². The highest BCUT2D eigenvalue weighted by atomic mass is 35.5. The summed E-state index contributed by atoms with van der Waals surface area (Å²) in [6.45, 7) is 1.63. The van der Waals surface area contributed by atoms with Crippen LogP contribution in [0.25, 0.3) is 0 Å². The molecule has 1 aliphatic heterocycles. The third-order valence-electron chi connectivity index (χ3n) is 3.79. The molecular formula is C12H15Cl2NO4S2. The molecule has 2 rings (SSSR count). The molecule has 0 saturated carbocycles. The lowest BCUT2D eigenvalue weighted by molar-refractivity contribution is 0.272. The van der Waals surface area contributed by atoms with E-state index in [1.165, 1.54) is 25.2 Å². The van der Waals surface area contributed by atoms with Gasteiger partial charge in [-0.3, -0.25) is 0 Å². The Morgan fingerprint density at radius 1 is 1.24 bits per heavy atom. The molecule has 1 aliphatic rings. The first-order valence-electron chi connectivity index (χ1n) is 6.12. The van der Waals surface area contributed by atoms with Crippen LogP contribution in [0.4, 0.5) is 0 Å². The Hall–Kier alpha value is -0.340. The first-order valence-corrected chi connectivity index (χ1v) is 10.1. The lowest BCUT2D eigenvalue weighted by atomic mass is 10.0. The van der Waals surface area contributed by atoms with E-state index in [-0.39, 0.29) is 32.9 Å². The molecule has 0 unspecified atom stereocenters. The van der Waals surface area contributed by atoms with Gasteiger partial charge in [0, 0.05) is 12.6 Å². The Bertz CT molecular complexity index is 776. The quantitative estimate of drug-likeness (QED) is 0.816. The van der Waals surface area contributed by atoms with Gasteiger partial charge in [-0.15, -0.1) is 0 Å². The molecule has 118 valence electrons. The van der Waals surface area contributed by atoms with Crippen molar-refractivity contribution in [3.8, 4) is 0 Å². The van der Waals surface area contributed by atoms with Gasteiger partial charge in [0.1, 0.15) is 0 Å². The maximum atomic E-state index is 12.6. The molecule has 0 radical (unpaired) electrons. The largest absolute Gasteiger partial charge is 0.243 e. The van der Waals surface area contributed by atoms with Crippen molar-refractivity contribution < 1.29 is 16.8 Å². The zero-order chi connectivity index (χ0) is 16.1. The Morgan fingerprint density at radius 3 is 2.33 bits per heavy atom. The van der Waals surface area contributed by atoms with Gasteiger partial charge in [-0.05, 0) is 31.5 Å². The van der Waals surface area contributed by atoms with Gasteiger partial charge in [-0.25, -0.2) is 16.8 Å². The van der Waals surface area contributed by atoms with Crippen LogP contribution in [0.3, 0.4) is 0 Å². The van der Waals surface area contributed by atoms with Gasteiger partial charge in [0.05, 0.1) is 26.4 Å². The number of halogens is 2. The second-order valence-electron chi connectivity index (χ2n) is 5.39. The summed E-state index contributed by atoms with van der Waals surface area (Å²) in [5.74, 6) is -0.193. The smallest absolute Gasteiger partial charge is 0.229 e. The summed E-state index contributed by atoms with van der Waals surface area (Å²) >= 11 is 11.6. The Balaban J connectivity index is 2.42. The van der Waals surface area contributed by atoms with E-state index in [4.69, 9.17) is 23.2 Å². The third kappa shape index (κ3) is 3.22. The summed E-state index contributed by atoms with van der Waals surface area (Å²) in [6, 6.07) is 4.02. The fourth-order valence-corrected chi connectivity index (χ4v) is 6.51. The topological polar surface area (TPSA) is 71.5 Å². The van der Waals surface area contributed by atoms with Crippen molar-refractivity contribution in [1.82, 2.24) is 4.31 Å². The first-order chi connectivity index (χ1) is 9.48. The average molecular weight is 372 g/mol. The number of sulfonamides is 1. The van der Waals surface area contributed by atoms with Crippen molar-refractivity contribution in [3.63, 3.8) is 0 Å². The van der Waals surface area contributed by atoms with Gasteiger partial charge in [-0.1, -0.05) is 23.2 Å². The molecule has 1 fully saturated rings. The summed E-state index contributed by atoms with van der Waals surface area (Å²) in [5, 5.41) is 0.392. The zero-order valence-electron chi connectivity index (χ0n) is 11.5. The van der Waals surface area contributed by atoms with Crippen molar-refractivity contribution in [2.45, 2.75) is 23.8 Å². The van der Waals surface area contributed by atoms with Crippen molar-refractivity contribution in [3.05, 3.63) is 28.2 Å². The lowest BCUT2D eigenvalue weighted by Gasteiger charge is -2.33. The molecule has 1 aromatic rings. The second kappa shape index (κ2) is 5.38. The number of benzene rings is 1. The fraction of sp³-hybridized carbons (Fsp3) is 0.500. The van der Waals surface area contributed by atoms with Crippen LogP contribution in [0, 0.1) is 0 Å². The first kappa shape index (κ1) is 17.0.